The number of carbonyl (C=O) groups excluding carboxylic acids is 4. The van der Waals surface area contributed by atoms with Gasteiger partial charge in [-0.3, -0.25) is 29.0 Å². The van der Waals surface area contributed by atoms with E-state index in [0.717, 1.165) is 28.3 Å². The maximum absolute atomic E-state index is 14.6. The van der Waals surface area contributed by atoms with E-state index >= 15 is 0 Å². The van der Waals surface area contributed by atoms with E-state index in [1.54, 1.807) is 42.5 Å². The fourth-order valence-corrected chi connectivity index (χ4v) is 9.23. The molecular formula is C46H40N4O6. The van der Waals surface area contributed by atoms with Crippen molar-refractivity contribution in [2.75, 3.05) is 27.0 Å². The van der Waals surface area contributed by atoms with Crippen LogP contribution in [0, 0.1) is 29.6 Å². The number of nitrogens with zero attached hydrogens (tertiary/aromatic N) is 2. The van der Waals surface area contributed by atoms with Crippen molar-refractivity contribution in [3.63, 3.8) is 0 Å². The molecule has 2 aliphatic carbocycles. The Kier molecular flexibility index (Phi) is 8.88. The highest BCUT2D eigenvalue weighted by Gasteiger charge is 2.62. The molecule has 0 spiro atoms. The van der Waals surface area contributed by atoms with E-state index in [1.165, 1.54) is 9.80 Å². The number of amides is 4. The number of hydrogen-bond acceptors (Lipinski definition) is 8. The van der Waals surface area contributed by atoms with Gasteiger partial charge in [-0.2, -0.15) is 0 Å². The van der Waals surface area contributed by atoms with Gasteiger partial charge in [0.25, 0.3) is 0 Å². The van der Waals surface area contributed by atoms with Crippen molar-refractivity contribution in [1.29, 1.82) is 0 Å². The van der Waals surface area contributed by atoms with E-state index < -0.39 is 35.5 Å². The third-order valence-electron chi connectivity index (χ3n) is 11.7. The zero-order valence-electron chi connectivity index (χ0n) is 30.7. The minimum Gasteiger partial charge on any atom is -0.504 e. The smallest absolute Gasteiger partial charge is 0.238 e. The number of phenolic OH excluding ortho intramolecular Hbond substituents is 1. The third kappa shape index (κ3) is 5.98. The number of para-hydroxylation sites is 2. The van der Waals surface area contributed by atoms with Crippen LogP contribution in [0.15, 0.2) is 139 Å². The molecule has 0 bridgehead atoms. The number of benzene rings is 5. The molecule has 280 valence electrons. The minimum absolute atomic E-state index is 0.0333. The van der Waals surface area contributed by atoms with Crippen LogP contribution in [0.5, 0.6) is 11.5 Å². The zero-order chi connectivity index (χ0) is 38.5. The van der Waals surface area contributed by atoms with E-state index in [2.05, 4.69) is 10.6 Å². The molecule has 5 aromatic rings. The van der Waals surface area contributed by atoms with Crippen LogP contribution in [0.4, 0.5) is 34.1 Å². The molecule has 3 N–H and O–H groups in total. The van der Waals surface area contributed by atoms with E-state index in [1.807, 2.05) is 97.9 Å². The molecule has 2 heterocycles. The van der Waals surface area contributed by atoms with Crippen LogP contribution in [-0.4, -0.2) is 35.3 Å². The monoisotopic (exact) mass is 744 g/mol. The first-order valence-electron chi connectivity index (χ1n) is 19.1. The van der Waals surface area contributed by atoms with Crippen molar-refractivity contribution in [2.24, 2.45) is 29.6 Å². The van der Waals surface area contributed by atoms with Crippen molar-refractivity contribution < 1.29 is 29.0 Å². The maximum Gasteiger partial charge on any atom is 0.238 e. The maximum atomic E-state index is 14.6. The Balaban J connectivity index is 1.05. The molecule has 56 heavy (non-hydrogen) atoms. The van der Waals surface area contributed by atoms with Crippen molar-refractivity contribution >= 4 is 57.8 Å². The quantitative estimate of drug-likeness (QED) is 0.102. The average Bonchev–Trinajstić information content (AvgIpc) is 3.63. The van der Waals surface area contributed by atoms with Gasteiger partial charge in [-0.25, -0.2) is 0 Å². The number of hydrogen-bond donors (Lipinski definition) is 3. The fourth-order valence-electron chi connectivity index (χ4n) is 9.23. The van der Waals surface area contributed by atoms with Gasteiger partial charge in [-0.1, -0.05) is 54.1 Å². The minimum atomic E-state index is -0.754. The highest BCUT2D eigenvalue weighted by Crippen LogP contribution is 2.59. The number of imide groups is 2. The van der Waals surface area contributed by atoms with Gasteiger partial charge in [-0.15, -0.1) is 0 Å². The summed E-state index contributed by atoms with van der Waals surface area (Å²) in [5.41, 5.74) is 5.98. The highest BCUT2D eigenvalue weighted by molar-refractivity contribution is 6.24. The van der Waals surface area contributed by atoms with Crippen LogP contribution in [0.1, 0.15) is 31.2 Å². The Labute approximate surface area is 324 Å². The lowest BCUT2D eigenvalue weighted by Crippen LogP contribution is -2.43. The summed E-state index contributed by atoms with van der Waals surface area (Å²) in [5, 5.41) is 17.3. The van der Waals surface area contributed by atoms with Crippen LogP contribution in [-0.2, 0) is 19.2 Å². The van der Waals surface area contributed by atoms with Crippen molar-refractivity contribution in [3.05, 3.63) is 145 Å². The SMILES string of the molecule is CCOc1cc([C@H]2C3=CC[C@@H]4C(=O)N(c5ccc(Nc6ccccc6)cc5)C(=O)[C@@H]4[C@@H]3C[C@H]3C(=O)N(c4ccc(Nc5ccccc5)cc4)C(=O)[C@@H]23)ccc1O. The molecule has 1 saturated carbocycles. The van der Waals surface area contributed by atoms with Crippen molar-refractivity contribution in [2.45, 2.75) is 25.7 Å². The van der Waals surface area contributed by atoms with Gasteiger partial charge < -0.3 is 20.5 Å². The fraction of sp³-hybridized carbons (Fsp3) is 0.217. The predicted octanol–water partition coefficient (Wildman–Crippen LogP) is 8.32. The summed E-state index contributed by atoms with van der Waals surface area (Å²) in [6.45, 7) is 2.14. The Morgan fingerprint density at radius 3 is 1.68 bits per heavy atom. The largest absolute Gasteiger partial charge is 0.504 e. The van der Waals surface area contributed by atoms with Gasteiger partial charge in [-0.05, 0) is 116 Å². The van der Waals surface area contributed by atoms with Crippen LogP contribution in [0.3, 0.4) is 0 Å². The number of carbonyl (C=O) groups is 4. The topological polar surface area (TPSA) is 128 Å². The van der Waals surface area contributed by atoms with Crippen LogP contribution < -0.4 is 25.2 Å². The van der Waals surface area contributed by atoms with E-state index in [4.69, 9.17) is 4.74 Å². The highest BCUT2D eigenvalue weighted by atomic mass is 16.5. The van der Waals surface area contributed by atoms with Crippen LogP contribution >= 0.6 is 0 Å². The van der Waals surface area contributed by atoms with Gasteiger partial charge in [0.15, 0.2) is 11.5 Å². The van der Waals surface area contributed by atoms with Crippen LogP contribution in [0.2, 0.25) is 0 Å². The first-order chi connectivity index (χ1) is 27.3. The summed E-state index contributed by atoms with van der Waals surface area (Å²) in [7, 11) is 0. The van der Waals surface area contributed by atoms with Gasteiger partial charge in [0.2, 0.25) is 23.6 Å². The number of ether oxygens (including phenoxy) is 1. The molecular weight excluding hydrogens is 705 g/mol. The summed E-state index contributed by atoms with van der Waals surface area (Å²) in [6.07, 6.45) is 2.61. The summed E-state index contributed by atoms with van der Waals surface area (Å²) in [4.78, 5) is 60.4. The first kappa shape index (κ1) is 35.0. The molecule has 2 aliphatic heterocycles. The van der Waals surface area contributed by atoms with Crippen molar-refractivity contribution in [3.8, 4) is 11.5 Å². The molecule has 0 unspecified atom stereocenters. The number of anilines is 6. The molecule has 3 fully saturated rings. The molecule has 0 aromatic heterocycles. The van der Waals surface area contributed by atoms with Gasteiger partial charge >= 0.3 is 0 Å². The Morgan fingerprint density at radius 2 is 1.12 bits per heavy atom. The molecule has 9 rings (SSSR count). The Hall–Kier alpha value is -6.68. The summed E-state index contributed by atoms with van der Waals surface area (Å²) < 4.78 is 5.77. The molecule has 5 aromatic carbocycles. The Morgan fingerprint density at radius 1 is 0.607 bits per heavy atom. The van der Waals surface area contributed by atoms with Crippen LogP contribution in [0.25, 0.3) is 0 Å². The molecule has 4 amide bonds. The lowest BCUT2D eigenvalue weighted by molar-refractivity contribution is -0.126. The average molecular weight is 745 g/mol. The number of fused-ring (bicyclic) bond motifs is 4. The van der Waals surface area contributed by atoms with E-state index in [0.29, 0.717) is 30.0 Å². The lowest BCUT2D eigenvalue weighted by Gasteiger charge is -2.44. The molecule has 0 radical (unpaired) electrons. The van der Waals surface area contributed by atoms with Gasteiger partial charge in [0.1, 0.15) is 0 Å². The summed E-state index contributed by atoms with van der Waals surface area (Å²) in [5.74, 6) is -4.79. The molecule has 2 saturated heterocycles. The number of aromatic hydroxyl groups is 1. The number of phenols is 1. The lowest BCUT2D eigenvalue weighted by atomic mass is 9.57. The number of rotatable bonds is 9. The molecule has 10 heteroatoms. The van der Waals surface area contributed by atoms with Gasteiger partial charge in [0.05, 0.1) is 41.7 Å². The van der Waals surface area contributed by atoms with Crippen molar-refractivity contribution in [1.82, 2.24) is 0 Å². The Bertz CT molecular complexity index is 2360. The second-order valence-corrected chi connectivity index (χ2v) is 14.8. The standard InChI is InChI=1S/C46H40N4O6/c1-2-56-39-25-27(13-24-38(39)51)40-34-22-23-35-41(45(54)49(43(35)52)32-18-14-30(15-19-32)47-28-9-5-3-6-10-28)36(34)26-37-42(40)46(55)50(44(37)53)33-20-16-31(17-21-33)48-29-11-7-4-8-12-29/h3-22,24-25,35-37,40-42,47-48,51H,2,23,26H2,1H3/t35-,36+,37+,40-,41-,42+/m0/s1. The molecule has 10 nitrogen and oxygen atoms in total. The molecule has 6 atom stereocenters. The number of allylic oxidation sites excluding steroid dienone is 2. The molecule has 4 aliphatic rings. The number of nitrogens with one attached hydrogen (secondary N) is 2. The summed E-state index contributed by atoms with van der Waals surface area (Å²) >= 11 is 0. The second kappa shape index (κ2) is 14.2. The zero-order valence-corrected chi connectivity index (χ0v) is 30.7. The predicted molar refractivity (Wildman–Crippen MR) is 214 cm³/mol. The third-order valence-corrected chi connectivity index (χ3v) is 11.7. The summed E-state index contributed by atoms with van der Waals surface area (Å²) in [6, 6.07) is 38.9. The normalized spacial score (nSPS) is 24.0. The second-order valence-electron chi connectivity index (χ2n) is 14.8. The van der Waals surface area contributed by atoms with Gasteiger partial charge in [0, 0.05) is 28.7 Å². The van der Waals surface area contributed by atoms with E-state index in [9.17, 15) is 24.3 Å². The van der Waals surface area contributed by atoms with E-state index in [-0.39, 0.29) is 41.5 Å². The first-order valence-corrected chi connectivity index (χ1v) is 19.1.